The lowest BCUT2D eigenvalue weighted by molar-refractivity contribution is -0.318. The van der Waals surface area contributed by atoms with Gasteiger partial charge in [0.2, 0.25) is 5.43 Å². The molecule has 5 rings (SSSR count). The van der Waals surface area contributed by atoms with E-state index < -0.39 is 119 Å². The summed E-state index contributed by atoms with van der Waals surface area (Å²) < 4.78 is 58.0. The summed E-state index contributed by atoms with van der Waals surface area (Å²) in [6, 6.07) is 5.13. The van der Waals surface area contributed by atoms with Crippen LogP contribution in [0, 0.1) is 23.7 Å². The monoisotopic (exact) mass is 1150 g/mol. The number of carboxylic acid groups (broad SMARTS) is 1. The van der Waals surface area contributed by atoms with Crippen molar-refractivity contribution < 1.29 is 87.4 Å². The van der Waals surface area contributed by atoms with Crippen molar-refractivity contribution in [1.29, 1.82) is 0 Å². The number of benzene rings is 1. The van der Waals surface area contributed by atoms with E-state index >= 15 is 0 Å². The molecule has 22 heteroatoms. The summed E-state index contributed by atoms with van der Waals surface area (Å²) >= 11 is 0. The van der Waals surface area contributed by atoms with Crippen molar-refractivity contribution in [3.05, 3.63) is 45.7 Å². The Bertz CT molecular complexity index is 2470. The Morgan fingerprint density at radius 2 is 1.57 bits per heavy atom. The number of nitrogens with zero attached hydrogens (tertiary/aromatic N) is 3. The highest BCUT2D eigenvalue weighted by atomic mass is 16.7. The van der Waals surface area contributed by atoms with Crippen LogP contribution in [0.4, 0.5) is 0 Å². The van der Waals surface area contributed by atoms with Crippen LogP contribution in [-0.2, 0) is 70.0 Å². The van der Waals surface area contributed by atoms with E-state index in [4.69, 9.17) is 47.5 Å². The topological polar surface area (TPSA) is 282 Å². The van der Waals surface area contributed by atoms with Crippen molar-refractivity contribution in [2.75, 3.05) is 54.2 Å². The van der Waals surface area contributed by atoms with E-state index in [1.165, 1.54) is 20.2 Å². The van der Waals surface area contributed by atoms with Gasteiger partial charge in [-0.15, -0.1) is 0 Å². The smallest absolute Gasteiger partial charge is 0.341 e. The minimum Gasteiger partial charge on any atom is -0.477 e. The first kappa shape index (κ1) is 67.6. The number of aliphatic hydroxyl groups is 4. The Morgan fingerprint density at radius 3 is 2.19 bits per heavy atom. The Kier molecular flexibility index (Phi) is 24.7. The molecule has 460 valence electrons. The fourth-order valence-electron chi connectivity index (χ4n) is 12.0. The number of carbonyl (C=O) groups excluding carboxylic acids is 2. The first-order chi connectivity index (χ1) is 38.1. The highest BCUT2D eigenvalue weighted by Gasteiger charge is 2.54. The van der Waals surface area contributed by atoms with Gasteiger partial charge in [0.05, 0.1) is 79.5 Å². The van der Waals surface area contributed by atoms with E-state index in [9.17, 15) is 44.7 Å². The summed E-state index contributed by atoms with van der Waals surface area (Å²) in [6.45, 7) is 22.3. The lowest BCUT2D eigenvalue weighted by Gasteiger charge is -2.49. The van der Waals surface area contributed by atoms with Gasteiger partial charge in [-0.3, -0.25) is 14.4 Å². The summed E-state index contributed by atoms with van der Waals surface area (Å²) in [6.07, 6.45) is -7.48. The van der Waals surface area contributed by atoms with Crippen LogP contribution < -0.4 is 5.43 Å². The second-order valence-electron chi connectivity index (χ2n) is 23.4. The Labute approximate surface area is 477 Å². The van der Waals surface area contributed by atoms with Gasteiger partial charge in [0.1, 0.15) is 35.6 Å². The molecule has 0 spiro atoms. The molecule has 4 heterocycles. The second-order valence-corrected chi connectivity index (χ2v) is 23.4. The van der Waals surface area contributed by atoms with E-state index in [0.717, 1.165) is 5.56 Å². The number of aromatic nitrogens is 1. The Balaban J connectivity index is 1.29. The van der Waals surface area contributed by atoms with Gasteiger partial charge in [0, 0.05) is 62.1 Å². The zero-order valence-electron chi connectivity index (χ0n) is 50.5. The molecule has 18 atom stereocenters. The van der Waals surface area contributed by atoms with Crippen LogP contribution >= 0.6 is 0 Å². The number of ether oxygens (including phenoxy) is 9. The fourth-order valence-corrected chi connectivity index (χ4v) is 12.0. The number of carbonyl (C=O) groups is 3. The second kappa shape index (κ2) is 29.6. The Morgan fingerprint density at radius 1 is 0.889 bits per heavy atom. The van der Waals surface area contributed by atoms with E-state index in [1.54, 1.807) is 66.0 Å². The number of aromatic carboxylic acids is 1. The number of cyclic esters (lactones) is 1. The van der Waals surface area contributed by atoms with Gasteiger partial charge in [0.15, 0.2) is 18.7 Å². The molecule has 1 aromatic heterocycles. The first-order valence-corrected chi connectivity index (χ1v) is 28.9. The van der Waals surface area contributed by atoms with Gasteiger partial charge in [-0.2, -0.15) is 0 Å². The molecule has 1 aromatic carbocycles. The quantitative estimate of drug-likeness (QED) is 0.0572. The SMILES string of the molecule is CCO/N=C1\[C@H](C)C[C@@](C)(O)[C@H](OC2O[C@H](C)C[C@H](N(C)C)[C@H]2O)[C@@H](C)[C@H](OC2C[C@@](C)(OC)[C@@H](OC(=O)CCOCCOCCCc3ccc4c(c3)c(=O)c(C(=O)O)cn4CC)[C@H](C)O2)[C@@H](C)C(=O)O[C@H](CC)[C@@](C)(O)[C@H](O)[C@H]1C. The van der Waals surface area contributed by atoms with E-state index in [0.29, 0.717) is 49.0 Å². The van der Waals surface area contributed by atoms with Crippen molar-refractivity contribution in [3.8, 4) is 0 Å². The van der Waals surface area contributed by atoms with E-state index in [-0.39, 0.29) is 69.8 Å². The van der Waals surface area contributed by atoms with Gasteiger partial charge in [-0.1, -0.05) is 38.9 Å². The summed E-state index contributed by atoms with van der Waals surface area (Å²) in [4.78, 5) is 60.1. The molecule has 0 amide bonds. The molecule has 3 aliphatic heterocycles. The van der Waals surface area contributed by atoms with Gasteiger partial charge < -0.3 is 82.5 Å². The van der Waals surface area contributed by atoms with Gasteiger partial charge in [-0.25, -0.2) is 4.79 Å². The number of pyridine rings is 1. The van der Waals surface area contributed by atoms with Crippen molar-refractivity contribution in [1.82, 2.24) is 9.47 Å². The van der Waals surface area contributed by atoms with Crippen molar-refractivity contribution in [2.45, 2.75) is 219 Å². The number of likely N-dealkylation sites (N-methyl/N-ethyl adjacent to an activating group) is 1. The average Bonchev–Trinajstić information content (AvgIpc) is 3.48. The highest BCUT2D eigenvalue weighted by molar-refractivity contribution is 5.92. The maximum Gasteiger partial charge on any atom is 0.341 e. The van der Waals surface area contributed by atoms with Crippen LogP contribution in [0.5, 0.6) is 0 Å². The minimum atomic E-state index is -1.98. The molecule has 0 saturated carbocycles. The van der Waals surface area contributed by atoms with Crippen LogP contribution in [0.2, 0.25) is 0 Å². The molecular formula is C59H95N3O19. The van der Waals surface area contributed by atoms with Crippen molar-refractivity contribution >= 4 is 34.5 Å². The van der Waals surface area contributed by atoms with Crippen LogP contribution in [0.15, 0.2) is 34.3 Å². The standard InChI is InChI=1S/C59H95N3O19/c1-16-44-59(12,71)51(66)35(6)47(60-75-18-3)33(4)30-57(10,70)52(81-56-49(65)43(61(13)14)28-34(5)76-56)36(7)50(37(8)55(69)78-44)80-46-31-58(11,72-15)53(38(9)77-46)79-45(63)23-25-74-27-26-73-24-19-20-39-21-22-42-40(29-39)48(64)41(54(67)68)32-62(42)17-2/h21-22,29,32-38,43-44,46,49-53,56,65-66,70-71H,16-20,23-28,30-31H2,1-15H3,(H,67,68)/b60-47+/t33-,34-,35+,36+,37-,38+,43+,44-,46?,49-,50+,51-,52-,53+,56?,57-,58-,59-/m1/s1. The summed E-state index contributed by atoms with van der Waals surface area (Å²) in [5, 5.41) is 63.0. The zero-order chi connectivity index (χ0) is 60.3. The largest absolute Gasteiger partial charge is 0.477 e. The molecule has 5 N–H and O–H groups in total. The van der Waals surface area contributed by atoms with Gasteiger partial charge >= 0.3 is 17.9 Å². The molecule has 3 saturated heterocycles. The number of carboxylic acids is 1. The van der Waals surface area contributed by atoms with Crippen molar-refractivity contribution in [2.24, 2.45) is 28.8 Å². The van der Waals surface area contributed by atoms with Crippen LogP contribution in [0.3, 0.4) is 0 Å². The number of esters is 2. The molecule has 0 bridgehead atoms. The van der Waals surface area contributed by atoms with Gasteiger partial charge in [0.25, 0.3) is 0 Å². The lowest BCUT2D eigenvalue weighted by atomic mass is 9.73. The van der Waals surface area contributed by atoms with Crippen molar-refractivity contribution in [3.63, 3.8) is 0 Å². The van der Waals surface area contributed by atoms with Crippen LogP contribution in [0.1, 0.15) is 138 Å². The first-order valence-electron chi connectivity index (χ1n) is 28.9. The third-order valence-corrected chi connectivity index (χ3v) is 16.7. The summed E-state index contributed by atoms with van der Waals surface area (Å²) in [7, 11) is 5.19. The van der Waals surface area contributed by atoms with E-state index in [1.807, 2.05) is 51.9 Å². The van der Waals surface area contributed by atoms with Crippen LogP contribution in [0.25, 0.3) is 10.9 Å². The summed E-state index contributed by atoms with van der Waals surface area (Å²) in [5.41, 5.74) is -3.84. The predicted molar refractivity (Wildman–Crippen MR) is 300 cm³/mol. The normalized spacial score (nSPS) is 36.1. The molecule has 2 aromatic rings. The maximum absolute atomic E-state index is 14.6. The molecule has 22 nitrogen and oxygen atoms in total. The average molecular weight is 1150 g/mol. The fraction of sp³-hybridized carbons (Fsp3) is 0.780. The maximum atomic E-state index is 14.6. The highest BCUT2D eigenvalue weighted by Crippen LogP contribution is 2.42. The Hall–Kier alpha value is -4.17. The predicted octanol–water partition coefficient (Wildman–Crippen LogP) is 5.25. The number of rotatable bonds is 22. The van der Waals surface area contributed by atoms with E-state index in [2.05, 4.69) is 5.16 Å². The molecule has 81 heavy (non-hydrogen) atoms. The van der Waals surface area contributed by atoms with Gasteiger partial charge in [-0.05, 0) is 119 Å². The number of hydrogen-bond acceptors (Lipinski definition) is 20. The lowest BCUT2D eigenvalue weighted by Crippen LogP contribution is -2.61. The molecule has 0 radical (unpaired) electrons. The molecule has 3 fully saturated rings. The number of aliphatic hydroxyl groups excluding tert-OH is 2. The summed E-state index contributed by atoms with van der Waals surface area (Å²) in [5.74, 6) is -6.07. The number of oxime groups is 1. The molecular weight excluding hydrogens is 1050 g/mol. The molecule has 0 aliphatic carbocycles. The number of aryl methyl sites for hydroxylation is 2. The third kappa shape index (κ3) is 16.6. The zero-order valence-corrected chi connectivity index (χ0v) is 50.5. The number of methoxy groups -OCH3 is 1. The van der Waals surface area contributed by atoms with Crippen LogP contribution in [-0.4, -0.2) is 197 Å². The molecule has 2 unspecified atom stereocenters. The molecule has 3 aliphatic rings. The number of fused-ring (bicyclic) bond motifs is 1. The third-order valence-electron chi connectivity index (χ3n) is 16.7. The number of hydrogen-bond donors (Lipinski definition) is 5. The minimum absolute atomic E-state index is 0.00866.